The summed E-state index contributed by atoms with van der Waals surface area (Å²) in [7, 11) is 0. The lowest BCUT2D eigenvalue weighted by molar-refractivity contribution is 0.421. The van der Waals surface area contributed by atoms with Crippen molar-refractivity contribution in [2.24, 2.45) is 0 Å². The number of hydrogen-bond acceptors (Lipinski definition) is 0. The van der Waals surface area contributed by atoms with Crippen molar-refractivity contribution in [3.63, 3.8) is 0 Å². The fourth-order valence-electron chi connectivity index (χ4n) is 2.55. The lowest BCUT2D eigenvalue weighted by atomic mass is 9.79. The van der Waals surface area contributed by atoms with Gasteiger partial charge in [0.15, 0.2) is 0 Å². The van der Waals surface area contributed by atoms with E-state index in [0.29, 0.717) is 0 Å². The average Bonchev–Trinajstić information content (AvgIpc) is 2.55. The summed E-state index contributed by atoms with van der Waals surface area (Å²) in [6.45, 7) is 5.42. The summed E-state index contributed by atoms with van der Waals surface area (Å²) in [4.78, 5) is 0. The van der Waals surface area contributed by atoms with Crippen LogP contribution in [0, 0.1) is 5.82 Å². The number of nitrogens with zero attached hydrogens (tertiary/aromatic N) is 1. The van der Waals surface area contributed by atoms with Crippen LogP contribution in [0.5, 0.6) is 0 Å². The molecule has 2 heterocycles. The van der Waals surface area contributed by atoms with E-state index in [4.69, 9.17) is 0 Å². The van der Waals surface area contributed by atoms with Gasteiger partial charge >= 0.3 is 0 Å². The fraction of sp³-hybridized carbons (Fsp3) is 0.385. The van der Waals surface area contributed by atoms with Crippen molar-refractivity contribution in [2.75, 3.05) is 0 Å². The van der Waals surface area contributed by atoms with Gasteiger partial charge in [0.2, 0.25) is 0 Å². The average molecular weight is 203 g/mol. The smallest absolute Gasteiger partial charge is 0.124 e. The van der Waals surface area contributed by atoms with E-state index in [1.54, 1.807) is 12.1 Å². The van der Waals surface area contributed by atoms with Gasteiger partial charge in [-0.3, -0.25) is 0 Å². The molecule has 1 nitrogen and oxygen atoms in total. The van der Waals surface area contributed by atoms with Crippen LogP contribution in [0.1, 0.15) is 25.8 Å². The minimum atomic E-state index is -0.120. The molecule has 0 unspecified atom stereocenters. The zero-order valence-electron chi connectivity index (χ0n) is 9.05. The largest absolute Gasteiger partial charge is 0.347 e. The predicted molar refractivity (Wildman–Crippen MR) is 59.5 cm³/mol. The van der Waals surface area contributed by atoms with E-state index >= 15 is 0 Å². The van der Waals surface area contributed by atoms with Crippen LogP contribution >= 0.6 is 0 Å². The third kappa shape index (κ3) is 1.14. The Morgan fingerprint density at radius 2 is 2.13 bits per heavy atom. The van der Waals surface area contributed by atoms with Crippen LogP contribution in [0.2, 0.25) is 0 Å². The molecule has 2 heteroatoms. The maximum atomic E-state index is 13.5. The maximum Gasteiger partial charge on any atom is 0.124 e. The van der Waals surface area contributed by atoms with E-state index in [0.717, 1.165) is 23.9 Å². The number of benzene rings is 1. The van der Waals surface area contributed by atoms with E-state index in [1.165, 1.54) is 5.52 Å². The highest BCUT2D eigenvalue weighted by Crippen LogP contribution is 2.38. The lowest BCUT2D eigenvalue weighted by Crippen LogP contribution is -2.25. The molecule has 2 aromatic rings. The zero-order valence-corrected chi connectivity index (χ0v) is 9.05. The number of hydrogen-bond donors (Lipinski definition) is 0. The number of halogens is 1. The van der Waals surface area contributed by atoms with Crippen molar-refractivity contribution in [2.45, 2.75) is 32.2 Å². The second kappa shape index (κ2) is 2.63. The second-order valence-electron chi connectivity index (χ2n) is 5.03. The fourth-order valence-corrected chi connectivity index (χ4v) is 2.55. The number of rotatable bonds is 0. The third-order valence-electron chi connectivity index (χ3n) is 3.53. The van der Waals surface area contributed by atoms with Gasteiger partial charge < -0.3 is 4.57 Å². The molecule has 1 aliphatic rings. The van der Waals surface area contributed by atoms with Gasteiger partial charge in [-0.15, -0.1) is 0 Å². The highest BCUT2D eigenvalue weighted by atomic mass is 19.1. The van der Waals surface area contributed by atoms with Crippen molar-refractivity contribution in [3.8, 4) is 0 Å². The Bertz CT molecular complexity index is 537. The predicted octanol–water partition coefficient (Wildman–Crippen LogP) is 3.46. The molecule has 0 radical (unpaired) electrons. The van der Waals surface area contributed by atoms with Gasteiger partial charge in [0, 0.05) is 18.1 Å². The molecule has 0 saturated heterocycles. The Morgan fingerprint density at radius 3 is 2.93 bits per heavy atom. The number of aromatic nitrogens is 1. The van der Waals surface area contributed by atoms with E-state index in [-0.39, 0.29) is 11.2 Å². The molecule has 3 rings (SSSR count). The Labute approximate surface area is 88.5 Å². The molecule has 0 atom stereocenters. The Morgan fingerprint density at radius 1 is 1.33 bits per heavy atom. The zero-order chi connectivity index (χ0) is 10.6. The van der Waals surface area contributed by atoms with Crippen molar-refractivity contribution in [1.82, 2.24) is 4.57 Å². The first kappa shape index (κ1) is 8.96. The van der Waals surface area contributed by atoms with Gasteiger partial charge in [0.05, 0.1) is 5.52 Å². The SMILES string of the molecule is CC1(C)CCn2ccc3cc(F)cc1c32. The van der Waals surface area contributed by atoms with Crippen LogP contribution in [-0.2, 0) is 12.0 Å². The minimum Gasteiger partial charge on any atom is -0.347 e. The third-order valence-corrected chi connectivity index (χ3v) is 3.53. The van der Waals surface area contributed by atoms with Gasteiger partial charge in [0.25, 0.3) is 0 Å². The van der Waals surface area contributed by atoms with Crippen LogP contribution in [-0.4, -0.2) is 4.57 Å². The maximum absolute atomic E-state index is 13.5. The Kier molecular flexibility index (Phi) is 1.57. The highest BCUT2D eigenvalue weighted by Gasteiger charge is 2.28. The summed E-state index contributed by atoms with van der Waals surface area (Å²) in [5.74, 6) is -0.120. The Hall–Kier alpha value is -1.31. The molecular weight excluding hydrogens is 189 g/mol. The summed E-state index contributed by atoms with van der Waals surface area (Å²) in [5, 5.41) is 1.03. The molecule has 1 aromatic heterocycles. The quantitative estimate of drug-likeness (QED) is 0.618. The monoisotopic (exact) mass is 203 g/mol. The first-order valence-electron chi connectivity index (χ1n) is 5.37. The molecule has 0 aliphatic carbocycles. The topological polar surface area (TPSA) is 4.93 Å². The van der Waals surface area contributed by atoms with Crippen LogP contribution in [0.25, 0.3) is 10.9 Å². The van der Waals surface area contributed by atoms with Crippen LogP contribution < -0.4 is 0 Å². The number of aryl methyl sites for hydroxylation is 1. The van der Waals surface area contributed by atoms with Crippen LogP contribution in [0.15, 0.2) is 24.4 Å². The highest BCUT2D eigenvalue weighted by molar-refractivity contribution is 5.85. The van der Waals surface area contributed by atoms with Crippen LogP contribution in [0.3, 0.4) is 0 Å². The van der Waals surface area contributed by atoms with Gasteiger partial charge in [-0.2, -0.15) is 0 Å². The molecule has 78 valence electrons. The summed E-state index contributed by atoms with van der Waals surface area (Å²) in [6, 6.07) is 5.32. The van der Waals surface area contributed by atoms with Crippen molar-refractivity contribution in [3.05, 3.63) is 35.8 Å². The first-order valence-corrected chi connectivity index (χ1v) is 5.37. The van der Waals surface area contributed by atoms with E-state index in [1.807, 2.05) is 6.07 Å². The molecule has 15 heavy (non-hydrogen) atoms. The minimum absolute atomic E-state index is 0.0920. The Balaban J connectivity index is 2.46. The molecule has 0 fully saturated rings. The standard InChI is InChI=1S/C13H14FN/c1-13(2)4-6-15-5-3-9-7-10(14)8-11(13)12(9)15/h3,5,7-8H,4,6H2,1-2H3. The summed E-state index contributed by atoms with van der Waals surface area (Å²) in [5.41, 5.74) is 2.45. The summed E-state index contributed by atoms with van der Waals surface area (Å²) < 4.78 is 15.7. The lowest BCUT2D eigenvalue weighted by Gasteiger charge is -2.31. The van der Waals surface area contributed by atoms with Gasteiger partial charge in [-0.05, 0) is 35.6 Å². The molecular formula is C13H14FN. The van der Waals surface area contributed by atoms with Crippen molar-refractivity contribution in [1.29, 1.82) is 0 Å². The van der Waals surface area contributed by atoms with E-state index in [2.05, 4.69) is 24.6 Å². The molecule has 0 N–H and O–H groups in total. The van der Waals surface area contributed by atoms with E-state index in [9.17, 15) is 4.39 Å². The molecule has 0 spiro atoms. The molecule has 0 saturated carbocycles. The van der Waals surface area contributed by atoms with Gasteiger partial charge in [-0.25, -0.2) is 4.39 Å². The summed E-state index contributed by atoms with van der Waals surface area (Å²) >= 11 is 0. The van der Waals surface area contributed by atoms with Gasteiger partial charge in [0.1, 0.15) is 5.82 Å². The molecule has 1 aliphatic heterocycles. The van der Waals surface area contributed by atoms with E-state index < -0.39 is 0 Å². The molecule has 0 bridgehead atoms. The molecule has 0 amide bonds. The normalized spacial score (nSPS) is 18.3. The van der Waals surface area contributed by atoms with Gasteiger partial charge in [-0.1, -0.05) is 13.8 Å². The van der Waals surface area contributed by atoms with Crippen LogP contribution in [0.4, 0.5) is 4.39 Å². The second-order valence-corrected chi connectivity index (χ2v) is 5.03. The summed E-state index contributed by atoms with van der Waals surface area (Å²) in [6.07, 6.45) is 3.14. The van der Waals surface area contributed by atoms with Crippen molar-refractivity contribution < 1.29 is 4.39 Å². The van der Waals surface area contributed by atoms with Crippen molar-refractivity contribution >= 4 is 10.9 Å². The first-order chi connectivity index (χ1) is 7.08. The molecule has 1 aromatic carbocycles.